The van der Waals surface area contributed by atoms with Crippen LogP contribution in [0, 0.1) is 12.7 Å². The molecular weight excluding hydrogens is 311 g/mol. The van der Waals surface area contributed by atoms with Crippen LogP contribution >= 0.6 is 11.3 Å². The molecule has 3 rings (SSSR count). The Hall–Kier alpha value is -1.92. The van der Waals surface area contributed by atoms with Gasteiger partial charge in [-0.25, -0.2) is 4.39 Å². The number of aryl methyl sites for hydroxylation is 2. The van der Waals surface area contributed by atoms with Gasteiger partial charge in [0.25, 0.3) is 0 Å². The molecular formula is C17H21FN4S. The first-order valence-corrected chi connectivity index (χ1v) is 8.36. The summed E-state index contributed by atoms with van der Waals surface area (Å²) in [5.41, 5.74) is 2.26. The molecule has 0 amide bonds. The van der Waals surface area contributed by atoms with E-state index in [-0.39, 0.29) is 5.82 Å². The van der Waals surface area contributed by atoms with Crippen LogP contribution in [0.1, 0.15) is 16.1 Å². The minimum absolute atomic E-state index is 0.184. The summed E-state index contributed by atoms with van der Waals surface area (Å²) in [4.78, 5) is 3.29. The number of benzene rings is 1. The average Bonchev–Trinajstić information content (AvgIpc) is 2.99. The summed E-state index contributed by atoms with van der Waals surface area (Å²) < 4.78 is 16.3. The van der Waals surface area contributed by atoms with Crippen molar-refractivity contribution in [1.82, 2.24) is 15.1 Å². The number of halogens is 1. The summed E-state index contributed by atoms with van der Waals surface area (Å²) >= 11 is 1.70. The summed E-state index contributed by atoms with van der Waals surface area (Å²) in [6.45, 7) is 3.56. The van der Waals surface area contributed by atoms with Gasteiger partial charge in [0.2, 0.25) is 0 Å². The molecule has 3 aromatic rings. The van der Waals surface area contributed by atoms with Crippen molar-refractivity contribution in [2.24, 2.45) is 7.05 Å². The van der Waals surface area contributed by atoms with Gasteiger partial charge in [-0.15, -0.1) is 11.3 Å². The van der Waals surface area contributed by atoms with Crippen LogP contribution in [0.4, 0.5) is 10.2 Å². The molecule has 0 fully saturated rings. The SMILES string of the molecule is Cc1nn(C)c(N(C)C)c1CNCc1cc2cc(F)ccc2s1. The molecule has 0 saturated heterocycles. The topological polar surface area (TPSA) is 33.1 Å². The second-order valence-corrected chi connectivity index (χ2v) is 7.07. The van der Waals surface area contributed by atoms with Gasteiger partial charge in [0.1, 0.15) is 11.6 Å². The van der Waals surface area contributed by atoms with E-state index in [4.69, 9.17) is 0 Å². The Labute approximate surface area is 139 Å². The fraction of sp³-hybridized carbons (Fsp3) is 0.353. The van der Waals surface area contributed by atoms with Crippen molar-refractivity contribution >= 4 is 27.2 Å². The zero-order valence-electron chi connectivity index (χ0n) is 13.9. The third kappa shape index (κ3) is 3.23. The number of anilines is 1. The molecule has 0 unspecified atom stereocenters. The number of hydrogen-bond donors (Lipinski definition) is 1. The Morgan fingerprint density at radius 3 is 2.78 bits per heavy atom. The van der Waals surface area contributed by atoms with Crippen molar-refractivity contribution in [2.45, 2.75) is 20.0 Å². The van der Waals surface area contributed by atoms with Gasteiger partial charge in [-0.05, 0) is 36.6 Å². The maximum Gasteiger partial charge on any atom is 0.130 e. The highest BCUT2D eigenvalue weighted by Crippen LogP contribution is 2.26. The molecule has 0 aliphatic carbocycles. The zero-order chi connectivity index (χ0) is 16.6. The lowest BCUT2D eigenvalue weighted by Crippen LogP contribution is -2.18. The Kier molecular flexibility index (Phi) is 4.37. The molecule has 4 nitrogen and oxygen atoms in total. The monoisotopic (exact) mass is 332 g/mol. The molecule has 122 valence electrons. The Morgan fingerprint density at radius 2 is 2.04 bits per heavy atom. The van der Waals surface area contributed by atoms with Crippen LogP contribution in [0.25, 0.3) is 10.1 Å². The van der Waals surface area contributed by atoms with Gasteiger partial charge in [0.15, 0.2) is 0 Å². The smallest absolute Gasteiger partial charge is 0.130 e. The first-order chi connectivity index (χ1) is 11.0. The van der Waals surface area contributed by atoms with E-state index in [2.05, 4.69) is 21.4 Å². The van der Waals surface area contributed by atoms with Crippen molar-refractivity contribution in [3.8, 4) is 0 Å². The third-order valence-electron chi connectivity index (χ3n) is 3.87. The molecule has 0 saturated carbocycles. The molecule has 23 heavy (non-hydrogen) atoms. The maximum absolute atomic E-state index is 13.3. The summed E-state index contributed by atoms with van der Waals surface area (Å²) in [6.07, 6.45) is 0. The Bertz CT molecular complexity index is 835. The van der Waals surface area contributed by atoms with Gasteiger partial charge < -0.3 is 10.2 Å². The summed E-state index contributed by atoms with van der Waals surface area (Å²) in [5, 5.41) is 8.95. The van der Waals surface area contributed by atoms with Gasteiger partial charge >= 0.3 is 0 Å². The molecule has 1 aromatic carbocycles. The second kappa shape index (κ2) is 6.29. The molecule has 2 aromatic heterocycles. The van der Waals surface area contributed by atoms with E-state index in [1.165, 1.54) is 16.5 Å². The lowest BCUT2D eigenvalue weighted by molar-refractivity contribution is 0.630. The predicted octanol–water partition coefficient (Wildman–Crippen LogP) is 3.44. The molecule has 6 heteroatoms. The predicted molar refractivity (Wildman–Crippen MR) is 94.6 cm³/mol. The van der Waals surface area contributed by atoms with E-state index < -0.39 is 0 Å². The van der Waals surface area contributed by atoms with Crippen LogP contribution in [0.2, 0.25) is 0 Å². The number of hydrogen-bond acceptors (Lipinski definition) is 4. The van der Waals surface area contributed by atoms with Crippen LogP contribution in [-0.4, -0.2) is 23.9 Å². The number of fused-ring (bicyclic) bond motifs is 1. The number of nitrogens with one attached hydrogen (secondary N) is 1. The quantitative estimate of drug-likeness (QED) is 0.777. The van der Waals surface area contributed by atoms with Gasteiger partial charge in [-0.1, -0.05) is 0 Å². The van der Waals surface area contributed by atoms with E-state index in [1.807, 2.05) is 38.8 Å². The molecule has 2 heterocycles. The fourth-order valence-electron chi connectivity index (χ4n) is 2.92. The maximum atomic E-state index is 13.3. The standard InChI is InChI=1S/C17H21FN4S/c1-11-15(17(21(2)3)22(4)20-11)10-19-9-14-8-12-7-13(18)5-6-16(12)23-14/h5-8,19H,9-10H2,1-4H3. The van der Waals surface area contributed by atoms with Crippen molar-refractivity contribution in [3.63, 3.8) is 0 Å². The summed E-state index contributed by atoms with van der Waals surface area (Å²) in [6, 6.07) is 7.00. The van der Waals surface area contributed by atoms with E-state index in [1.54, 1.807) is 17.4 Å². The van der Waals surface area contributed by atoms with E-state index in [9.17, 15) is 4.39 Å². The third-order valence-corrected chi connectivity index (χ3v) is 4.98. The van der Waals surface area contributed by atoms with Gasteiger partial charge in [0, 0.05) is 49.4 Å². The highest BCUT2D eigenvalue weighted by atomic mass is 32.1. The fourth-order valence-corrected chi connectivity index (χ4v) is 3.94. The molecule has 0 radical (unpaired) electrons. The van der Waals surface area contributed by atoms with Crippen LogP contribution in [-0.2, 0) is 20.1 Å². The van der Waals surface area contributed by atoms with Crippen LogP contribution in [0.5, 0.6) is 0 Å². The lowest BCUT2D eigenvalue weighted by Gasteiger charge is -2.15. The second-order valence-electron chi connectivity index (χ2n) is 5.90. The first-order valence-electron chi connectivity index (χ1n) is 7.54. The number of rotatable bonds is 5. The van der Waals surface area contributed by atoms with E-state index in [0.717, 1.165) is 34.7 Å². The summed E-state index contributed by atoms with van der Waals surface area (Å²) in [7, 11) is 6.02. The Morgan fingerprint density at radius 1 is 1.26 bits per heavy atom. The molecule has 1 N–H and O–H groups in total. The van der Waals surface area contributed by atoms with Crippen LogP contribution in [0.3, 0.4) is 0 Å². The van der Waals surface area contributed by atoms with Crippen molar-refractivity contribution in [3.05, 3.63) is 46.2 Å². The molecule has 0 aliphatic rings. The molecule has 0 aliphatic heterocycles. The van der Waals surface area contributed by atoms with E-state index >= 15 is 0 Å². The highest BCUT2D eigenvalue weighted by Gasteiger charge is 2.14. The summed E-state index contributed by atoms with van der Waals surface area (Å²) in [5.74, 6) is 0.935. The van der Waals surface area contributed by atoms with Crippen molar-refractivity contribution in [2.75, 3.05) is 19.0 Å². The largest absolute Gasteiger partial charge is 0.363 e. The Balaban J connectivity index is 1.71. The van der Waals surface area contributed by atoms with Crippen molar-refractivity contribution in [1.29, 1.82) is 0 Å². The number of thiophene rings is 1. The zero-order valence-corrected chi connectivity index (χ0v) is 14.7. The highest BCUT2D eigenvalue weighted by molar-refractivity contribution is 7.19. The minimum atomic E-state index is -0.184. The van der Waals surface area contributed by atoms with Crippen LogP contribution < -0.4 is 10.2 Å². The minimum Gasteiger partial charge on any atom is -0.363 e. The van der Waals surface area contributed by atoms with Gasteiger partial charge in [-0.2, -0.15) is 5.10 Å². The lowest BCUT2D eigenvalue weighted by atomic mass is 10.2. The molecule has 0 bridgehead atoms. The number of nitrogens with zero attached hydrogens (tertiary/aromatic N) is 3. The van der Waals surface area contributed by atoms with E-state index in [0.29, 0.717) is 0 Å². The number of aromatic nitrogens is 2. The average molecular weight is 332 g/mol. The van der Waals surface area contributed by atoms with Gasteiger partial charge in [0.05, 0.1) is 5.69 Å². The van der Waals surface area contributed by atoms with Crippen molar-refractivity contribution < 1.29 is 4.39 Å². The van der Waals surface area contributed by atoms with Crippen LogP contribution in [0.15, 0.2) is 24.3 Å². The molecule has 0 spiro atoms. The normalized spacial score (nSPS) is 11.3. The first kappa shape index (κ1) is 16.0. The van der Waals surface area contributed by atoms with Gasteiger partial charge in [-0.3, -0.25) is 4.68 Å². The molecule has 0 atom stereocenters.